The van der Waals surface area contributed by atoms with Gasteiger partial charge in [-0.2, -0.15) is 0 Å². The second kappa shape index (κ2) is 7.93. The van der Waals surface area contributed by atoms with Gasteiger partial charge in [0.15, 0.2) is 12.9 Å². The Balaban J connectivity index is 2.43. The molecule has 6 heteroatoms. The maximum atomic E-state index is 11.5. The van der Waals surface area contributed by atoms with Gasteiger partial charge in [0, 0.05) is 6.04 Å². The van der Waals surface area contributed by atoms with Crippen LogP contribution in [0.2, 0.25) is 0 Å². The van der Waals surface area contributed by atoms with Crippen LogP contribution in [0, 0.1) is 0 Å². The number of amides is 3. The number of carbonyl (C=O) groups is 3. The monoisotopic (exact) mass is 278 g/mol. The summed E-state index contributed by atoms with van der Waals surface area (Å²) >= 11 is 0. The predicted octanol–water partition coefficient (Wildman–Crippen LogP) is 1.50. The van der Waals surface area contributed by atoms with Crippen molar-refractivity contribution in [3.05, 3.63) is 29.8 Å². The maximum Gasteiger partial charge on any atom is 0.321 e. The summed E-state index contributed by atoms with van der Waals surface area (Å²) in [6.45, 7) is 3.42. The van der Waals surface area contributed by atoms with Crippen LogP contribution in [0.15, 0.2) is 24.3 Å². The number of benzene rings is 1. The van der Waals surface area contributed by atoms with Crippen molar-refractivity contribution < 1.29 is 19.1 Å². The maximum absolute atomic E-state index is 11.5. The van der Waals surface area contributed by atoms with E-state index >= 15 is 0 Å². The van der Waals surface area contributed by atoms with Gasteiger partial charge in [-0.05, 0) is 25.5 Å². The Morgan fingerprint density at radius 3 is 2.70 bits per heavy atom. The van der Waals surface area contributed by atoms with E-state index in [0.717, 1.165) is 6.42 Å². The van der Waals surface area contributed by atoms with E-state index in [4.69, 9.17) is 4.74 Å². The van der Waals surface area contributed by atoms with Gasteiger partial charge in [-0.15, -0.1) is 0 Å². The SMILES string of the molecule is CC[C@@H](C)NC(=O)NC(=O)COc1ccccc1C=O. The zero-order chi connectivity index (χ0) is 15.0. The zero-order valence-corrected chi connectivity index (χ0v) is 11.5. The van der Waals surface area contributed by atoms with Crippen molar-refractivity contribution in [2.24, 2.45) is 0 Å². The number of carbonyl (C=O) groups excluding carboxylic acids is 3. The highest BCUT2D eigenvalue weighted by atomic mass is 16.5. The zero-order valence-electron chi connectivity index (χ0n) is 11.5. The Labute approximate surface area is 117 Å². The molecule has 0 fully saturated rings. The lowest BCUT2D eigenvalue weighted by atomic mass is 10.2. The summed E-state index contributed by atoms with van der Waals surface area (Å²) in [4.78, 5) is 33.7. The minimum Gasteiger partial charge on any atom is -0.483 e. The van der Waals surface area contributed by atoms with Crippen LogP contribution in [0.1, 0.15) is 30.6 Å². The fourth-order valence-corrected chi connectivity index (χ4v) is 1.38. The molecular formula is C14H18N2O4. The van der Waals surface area contributed by atoms with E-state index in [1.54, 1.807) is 24.3 Å². The summed E-state index contributed by atoms with van der Waals surface area (Å²) in [7, 11) is 0. The van der Waals surface area contributed by atoms with E-state index < -0.39 is 11.9 Å². The quantitative estimate of drug-likeness (QED) is 0.772. The first-order valence-corrected chi connectivity index (χ1v) is 6.34. The minimum absolute atomic E-state index is 0.0143. The molecule has 3 amide bonds. The molecular weight excluding hydrogens is 260 g/mol. The molecule has 1 rings (SSSR count). The summed E-state index contributed by atoms with van der Waals surface area (Å²) in [6.07, 6.45) is 1.41. The molecule has 6 nitrogen and oxygen atoms in total. The molecule has 0 saturated carbocycles. The third-order valence-corrected chi connectivity index (χ3v) is 2.65. The summed E-state index contributed by atoms with van der Waals surface area (Å²) in [5.74, 6) is -0.272. The molecule has 0 aliphatic carbocycles. The molecule has 0 spiro atoms. The number of para-hydroxylation sites is 1. The van der Waals surface area contributed by atoms with Gasteiger partial charge in [0.25, 0.3) is 5.91 Å². The average molecular weight is 278 g/mol. The second-order valence-corrected chi connectivity index (χ2v) is 4.28. The van der Waals surface area contributed by atoms with Crippen LogP contribution >= 0.6 is 0 Å². The highest BCUT2D eigenvalue weighted by Crippen LogP contribution is 2.15. The molecule has 108 valence electrons. The lowest BCUT2D eigenvalue weighted by molar-refractivity contribution is -0.122. The molecule has 0 aromatic heterocycles. The fraction of sp³-hybridized carbons (Fsp3) is 0.357. The standard InChI is InChI=1S/C14H18N2O4/c1-3-10(2)15-14(19)16-13(18)9-20-12-7-5-4-6-11(12)8-17/h4-8,10H,3,9H2,1-2H3,(H2,15,16,18,19)/t10-/m1/s1. The van der Waals surface area contributed by atoms with Crippen LogP contribution in [0.4, 0.5) is 4.79 Å². The topological polar surface area (TPSA) is 84.5 Å². The summed E-state index contributed by atoms with van der Waals surface area (Å²) < 4.78 is 5.20. The number of hydrogen-bond donors (Lipinski definition) is 2. The Bertz CT molecular complexity index is 488. The van der Waals surface area contributed by atoms with Crippen LogP contribution in [0.5, 0.6) is 5.75 Å². The normalized spacial score (nSPS) is 11.3. The van der Waals surface area contributed by atoms with Crippen molar-refractivity contribution in [1.29, 1.82) is 0 Å². The van der Waals surface area contributed by atoms with Gasteiger partial charge in [-0.3, -0.25) is 14.9 Å². The third kappa shape index (κ3) is 5.09. The van der Waals surface area contributed by atoms with E-state index in [1.165, 1.54) is 0 Å². The van der Waals surface area contributed by atoms with Crippen LogP contribution in [0.3, 0.4) is 0 Å². The van der Waals surface area contributed by atoms with Gasteiger partial charge >= 0.3 is 6.03 Å². The number of nitrogens with one attached hydrogen (secondary N) is 2. The summed E-state index contributed by atoms with van der Waals surface area (Å²) in [5.41, 5.74) is 0.351. The number of ether oxygens (including phenoxy) is 1. The van der Waals surface area contributed by atoms with Gasteiger partial charge in [-0.1, -0.05) is 19.1 Å². The van der Waals surface area contributed by atoms with E-state index in [2.05, 4.69) is 10.6 Å². The number of aldehydes is 1. The molecule has 1 atom stereocenters. The van der Waals surface area contributed by atoms with Crippen molar-refractivity contribution in [1.82, 2.24) is 10.6 Å². The molecule has 2 N–H and O–H groups in total. The van der Waals surface area contributed by atoms with Gasteiger partial charge in [0.1, 0.15) is 5.75 Å². The Hall–Kier alpha value is -2.37. The van der Waals surface area contributed by atoms with Crippen LogP contribution in [-0.2, 0) is 4.79 Å². The number of imide groups is 1. The van der Waals surface area contributed by atoms with E-state index in [1.807, 2.05) is 13.8 Å². The Kier molecular flexibility index (Phi) is 6.22. The molecule has 0 radical (unpaired) electrons. The van der Waals surface area contributed by atoms with Crippen LogP contribution in [-0.4, -0.2) is 30.9 Å². The van der Waals surface area contributed by atoms with Crippen molar-refractivity contribution in [2.75, 3.05) is 6.61 Å². The number of hydrogen-bond acceptors (Lipinski definition) is 4. The van der Waals surface area contributed by atoms with Crippen molar-refractivity contribution in [2.45, 2.75) is 26.3 Å². The number of rotatable bonds is 6. The highest BCUT2D eigenvalue weighted by molar-refractivity contribution is 5.95. The van der Waals surface area contributed by atoms with Crippen LogP contribution < -0.4 is 15.4 Å². The Morgan fingerprint density at radius 2 is 2.05 bits per heavy atom. The van der Waals surface area contributed by atoms with Crippen molar-refractivity contribution in [3.8, 4) is 5.75 Å². The molecule has 1 aromatic rings. The smallest absolute Gasteiger partial charge is 0.321 e. The molecule has 20 heavy (non-hydrogen) atoms. The predicted molar refractivity (Wildman–Crippen MR) is 73.8 cm³/mol. The van der Waals surface area contributed by atoms with Gasteiger partial charge in [0.2, 0.25) is 0 Å². The first-order chi connectivity index (χ1) is 9.56. The minimum atomic E-state index is -0.577. The lowest BCUT2D eigenvalue weighted by Crippen LogP contribution is -2.44. The Morgan fingerprint density at radius 1 is 1.35 bits per heavy atom. The first-order valence-electron chi connectivity index (χ1n) is 6.34. The van der Waals surface area contributed by atoms with E-state index in [-0.39, 0.29) is 12.6 Å². The summed E-state index contributed by atoms with van der Waals surface area (Å²) in [6, 6.07) is 5.97. The molecule has 0 unspecified atom stereocenters. The third-order valence-electron chi connectivity index (χ3n) is 2.65. The van der Waals surface area contributed by atoms with Gasteiger partial charge < -0.3 is 10.1 Å². The lowest BCUT2D eigenvalue weighted by Gasteiger charge is -2.12. The van der Waals surface area contributed by atoms with E-state index in [9.17, 15) is 14.4 Å². The largest absolute Gasteiger partial charge is 0.483 e. The average Bonchev–Trinajstić information content (AvgIpc) is 2.45. The van der Waals surface area contributed by atoms with E-state index in [0.29, 0.717) is 17.6 Å². The molecule has 0 saturated heterocycles. The number of urea groups is 1. The van der Waals surface area contributed by atoms with Crippen molar-refractivity contribution >= 4 is 18.2 Å². The van der Waals surface area contributed by atoms with Crippen molar-refractivity contribution in [3.63, 3.8) is 0 Å². The fourth-order valence-electron chi connectivity index (χ4n) is 1.38. The first kappa shape index (κ1) is 15.7. The summed E-state index contributed by atoms with van der Waals surface area (Å²) in [5, 5.41) is 4.75. The van der Waals surface area contributed by atoms with Gasteiger partial charge in [-0.25, -0.2) is 4.79 Å². The molecule has 0 bridgehead atoms. The van der Waals surface area contributed by atoms with Gasteiger partial charge in [0.05, 0.1) is 5.56 Å². The second-order valence-electron chi connectivity index (χ2n) is 4.28. The van der Waals surface area contributed by atoms with Crippen LogP contribution in [0.25, 0.3) is 0 Å². The molecule has 1 aromatic carbocycles. The highest BCUT2D eigenvalue weighted by Gasteiger charge is 2.11. The molecule has 0 aliphatic heterocycles. The molecule has 0 heterocycles. The molecule has 0 aliphatic rings.